The summed E-state index contributed by atoms with van der Waals surface area (Å²) in [5.41, 5.74) is 9.54. The van der Waals surface area contributed by atoms with Crippen molar-refractivity contribution < 1.29 is 9.59 Å². The van der Waals surface area contributed by atoms with Gasteiger partial charge in [-0.25, -0.2) is 0 Å². The summed E-state index contributed by atoms with van der Waals surface area (Å²) >= 11 is 4.25. The molecule has 0 amide bonds. The summed E-state index contributed by atoms with van der Waals surface area (Å²) in [7, 11) is 0. The number of thiol groups is 1. The molecule has 4 heteroatoms. The first-order valence-electron chi connectivity index (χ1n) is 7.48. The molecular formula is C20H13NO2S. The number of nitrogens with two attached hydrogens (primary N) is 1. The van der Waals surface area contributed by atoms with Crippen LogP contribution >= 0.6 is 12.6 Å². The third-order valence-corrected chi connectivity index (χ3v) is 4.70. The Kier molecular flexibility index (Phi) is 3.28. The zero-order chi connectivity index (χ0) is 16.8. The molecule has 0 atom stereocenters. The third-order valence-electron chi connectivity index (χ3n) is 4.31. The molecule has 3 nitrogen and oxygen atoms in total. The van der Waals surface area contributed by atoms with Crippen LogP contribution in [0.25, 0.3) is 11.1 Å². The molecule has 2 N–H and O–H groups in total. The fourth-order valence-electron chi connectivity index (χ4n) is 3.06. The van der Waals surface area contributed by atoms with E-state index in [1.165, 1.54) is 0 Å². The van der Waals surface area contributed by atoms with Gasteiger partial charge >= 0.3 is 0 Å². The normalized spacial score (nSPS) is 12.7. The van der Waals surface area contributed by atoms with Crippen LogP contribution in [-0.4, -0.2) is 11.6 Å². The second-order valence-electron chi connectivity index (χ2n) is 5.71. The van der Waals surface area contributed by atoms with Gasteiger partial charge in [-0.15, -0.1) is 12.6 Å². The molecule has 0 bridgehead atoms. The van der Waals surface area contributed by atoms with E-state index in [2.05, 4.69) is 12.6 Å². The number of anilines is 1. The zero-order valence-electron chi connectivity index (χ0n) is 12.6. The molecule has 0 radical (unpaired) electrons. The minimum absolute atomic E-state index is 0.183. The summed E-state index contributed by atoms with van der Waals surface area (Å²) in [5.74, 6) is -0.412. The first kappa shape index (κ1) is 14.7. The maximum atomic E-state index is 12.9. The van der Waals surface area contributed by atoms with Crippen LogP contribution in [0.5, 0.6) is 0 Å². The average molecular weight is 331 g/mol. The summed E-state index contributed by atoms with van der Waals surface area (Å²) in [6, 6.07) is 18.3. The maximum absolute atomic E-state index is 12.9. The van der Waals surface area contributed by atoms with Gasteiger partial charge in [-0.3, -0.25) is 9.59 Å². The second-order valence-corrected chi connectivity index (χ2v) is 6.19. The number of benzene rings is 3. The number of fused-ring (bicyclic) bond motifs is 2. The molecule has 4 rings (SSSR count). The van der Waals surface area contributed by atoms with Gasteiger partial charge in [0.25, 0.3) is 0 Å². The molecule has 1 aliphatic carbocycles. The molecular weight excluding hydrogens is 318 g/mol. The quantitative estimate of drug-likeness (QED) is 0.409. The minimum Gasteiger partial charge on any atom is -0.397 e. The first-order chi connectivity index (χ1) is 11.6. The van der Waals surface area contributed by atoms with E-state index in [9.17, 15) is 9.59 Å². The summed E-state index contributed by atoms with van der Waals surface area (Å²) in [6.07, 6.45) is 0. The molecule has 0 heterocycles. The summed E-state index contributed by atoms with van der Waals surface area (Å²) in [6.45, 7) is 0. The van der Waals surface area contributed by atoms with Crippen molar-refractivity contribution >= 4 is 29.9 Å². The molecule has 1 aliphatic rings. The van der Waals surface area contributed by atoms with Gasteiger partial charge in [-0.1, -0.05) is 36.4 Å². The number of hydrogen-bond acceptors (Lipinski definition) is 4. The van der Waals surface area contributed by atoms with Crippen molar-refractivity contribution in [3.63, 3.8) is 0 Å². The summed E-state index contributed by atoms with van der Waals surface area (Å²) in [4.78, 5) is 26.2. The number of rotatable bonds is 1. The fraction of sp³-hybridized carbons (Fsp3) is 0. The van der Waals surface area contributed by atoms with Crippen LogP contribution in [0.2, 0.25) is 0 Å². The Labute approximate surface area is 144 Å². The number of ketones is 2. The van der Waals surface area contributed by atoms with Gasteiger partial charge in [0.2, 0.25) is 0 Å². The van der Waals surface area contributed by atoms with Crippen molar-refractivity contribution in [1.82, 2.24) is 0 Å². The molecule has 0 fully saturated rings. The lowest BCUT2D eigenvalue weighted by Gasteiger charge is -2.20. The fourth-order valence-corrected chi connectivity index (χ4v) is 3.25. The summed E-state index contributed by atoms with van der Waals surface area (Å²) < 4.78 is 0. The molecule has 0 unspecified atom stereocenters. The number of nitrogen functional groups attached to an aromatic ring is 1. The average Bonchev–Trinajstić information content (AvgIpc) is 2.62. The highest BCUT2D eigenvalue weighted by Gasteiger charge is 2.32. The van der Waals surface area contributed by atoms with Crippen LogP contribution in [-0.2, 0) is 0 Å². The van der Waals surface area contributed by atoms with Gasteiger partial charge in [0.05, 0.1) is 11.3 Å². The van der Waals surface area contributed by atoms with Crippen molar-refractivity contribution in [2.45, 2.75) is 4.90 Å². The van der Waals surface area contributed by atoms with Crippen molar-refractivity contribution in [3.8, 4) is 11.1 Å². The molecule has 116 valence electrons. The lowest BCUT2D eigenvalue weighted by atomic mass is 9.82. The van der Waals surface area contributed by atoms with E-state index < -0.39 is 0 Å². The van der Waals surface area contributed by atoms with E-state index in [1.807, 2.05) is 36.4 Å². The smallest absolute Gasteiger partial charge is 0.196 e. The van der Waals surface area contributed by atoms with Gasteiger partial charge in [0, 0.05) is 21.6 Å². The standard InChI is InChI=1S/C20H13NO2S/c21-18-16(24)9-8-14-17(18)20(23)13-7-6-12(10-15(13)19(14)22)11-4-2-1-3-5-11/h1-10,24H,21H2. The van der Waals surface area contributed by atoms with Crippen molar-refractivity contribution in [2.75, 3.05) is 5.73 Å². The van der Waals surface area contributed by atoms with Crippen molar-refractivity contribution in [1.29, 1.82) is 0 Å². The van der Waals surface area contributed by atoms with Crippen LogP contribution in [0.3, 0.4) is 0 Å². The van der Waals surface area contributed by atoms with Gasteiger partial charge < -0.3 is 5.73 Å². The van der Waals surface area contributed by atoms with Crippen LogP contribution in [0, 0.1) is 0 Å². The maximum Gasteiger partial charge on any atom is 0.196 e. The molecule has 24 heavy (non-hydrogen) atoms. The van der Waals surface area contributed by atoms with Crippen LogP contribution in [0.15, 0.2) is 65.6 Å². The number of carbonyl (C=O) groups excluding carboxylic acids is 2. The van der Waals surface area contributed by atoms with E-state index in [-0.39, 0.29) is 22.8 Å². The number of hydrogen-bond donors (Lipinski definition) is 2. The largest absolute Gasteiger partial charge is 0.397 e. The Balaban J connectivity index is 1.92. The molecule has 0 aromatic heterocycles. The van der Waals surface area contributed by atoms with E-state index >= 15 is 0 Å². The third kappa shape index (κ3) is 2.07. The van der Waals surface area contributed by atoms with Crippen molar-refractivity contribution in [2.24, 2.45) is 0 Å². The Morgan fingerprint density at radius 1 is 0.708 bits per heavy atom. The Morgan fingerprint density at radius 3 is 2.17 bits per heavy atom. The molecule has 3 aromatic rings. The van der Waals surface area contributed by atoms with Crippen LogP contribution in [0.4, 0.5) is 5.69 Å². The van der Waals surface area contributed by atoms with E-state index in [1.54, 1.807) is 24.3 Å². The first-order valence-corrected chi connectivity index (χ1v) is 7.93. The Morgan fingerprint density at radius 2 is 1.42 bits per heavy atom. The lowest BCUT2D eigenvalue weighted by Crippen LogP contribution is -2.22. The van der Waals surface area contributed by atoms with Crippen molar-refractivity contribution in [3.05, 3.63) is 82.9 Å². The SMILES string of the molecule is Nc1c(S)ccc2c1C(=O)c1ccc(-c3ccccc3)cc1C2=O. The molecule has 0 saturated heterocycles. The molecule has 0 spiro atoms. The molecule has 0 saturated carbocycles. The van der Waals surface area contributed by atoms with E-state index in [4.69, 9.17) is 5.73 Å². The van der Waals surface area contributed by atoms with Crippen LogP contribution in [0.1, 0.15) is 31.8 Å². The number of carbonyl (C=O) groups is 2. The molecule has 0 aliphatic heterocycles. The Bertz CT molecular complexity index is 1010. The van der Waals surface area contributed by atoms with Crippen LogP contribution < -0.4 is 5.73 Å². The zero-order valence-corrected chi connectivity index (χ0v) is 13.5. The predicted molar refractivity (Wildman–Crippen MR) is 96.8 cm³/mol. The lowest BCUT2D eigenvalue weighted by molar-refractivity contribution is 0.0979. The second kappa shape index (κ2) is 5.35. The van der Waals surface area contributed by atoms with Gasteiger partial charge in [0.1, 0.15) is 0 Å². The highest BCUT2D eigenvalue weighted by molar-refractivity contribution is 7.80. The van der Waals surface area contributed by atoms with Gasteiger partial charge in [-0.2, -0.15) is 0 Å². The van der Waals surface area contributed by atoms with E-state index in [0.717, 1.165) is 11.1 Å². The summed E-state index contributed by atoms with van der Waals surface area (Å²) in [5, 5.41) is 0. The Hall–Kier alpha value is -2.85. The highest BCUT2D eigenvalue weighted by atomic mass is 32.1. The highest BCUT2D eigenvalue weighted by Crippen LogP contribution is 2.35. The monoisotopic (exact) mass is 331 g/mol. The predicted octanol–water partition coefficient (Wildman–Crippen LogP) is 4.00. The minimum atomic E-state index is -0.229. The topological polar surface area (TPSA) is 60.2 Å². The van der Waals surface area contributed by atoms with Gasteiger partial charge in [-0.05, 0) is 35.4 Å². The van der Waals surface area contributed by atoms with Gasteiger partial charge in [0.15, 0.2) is 11.6 Å². The van der Waals surface area contributed by atoms with E-state index in [0.29, 0.717) is 21.6 Å². The molecule has 3 aromatic carbocycles.